The average molecular weight is 299 g/mol. The molecular formula is C13H19BrN2O. The van der Waals surface area contributed by atoms with E-state index in [4.69, 9.17) is 10.5 Å². The SMILES string of the molecule is COc1cc(N)c(N2CCCC[C@H]2C)c(Br)c1. The Labute approximate surface area is 111 Å². The molecule has 1 heterocycles. The van der Waals surface area contributed by atoms with Crippen LogP contribution in [0.25, 0.3) is 0 Å². The summed E-state index contributed by atoms with van der Waals surface area (Å²) < 4.78 is 6.23. The van der Waals surface area contributed by atoms with E-state index in [2.05, 4.69) is 27.8 Å². The molecule has 1 atom stereocenters. The molecule has 94 valence electrons. The number of nitrogen functional groups attached to an aromatic ring is 1. The zero-order valence-electron chi connectivity index (χ0n) is 10.4. The van der Waals surface area contributed by atoms with Gasteiger partial charge in [0.25, 0.3) is 0 Å². The van der Waals surface area contributed by atoms with Gasteiger partial charge in [0.15, 0.2) is 0 Å². The second-order valence-corrected chi connectivity index (χ2v) is 5.44. The van der Waals surface area contributed by atoms with Crippen LogP contribution in [0.1, 0.15) is 26.2 Å². The van der Waals surface area contributed by atoms with Crippen molar-refractivity contribution in [1.29, 1.82) is 0 Å². The van der Waals surface area contributed by atoms with E-state index in [1.807, 2.05) is 12.1 Å². The number of methoxy groups -OCH3 is 1. The first-order valence-corrected chi connectivity index (χ1v) is 6.82. The molecule has 1 aliphatic heterocycles. The first-order chi connectivity index (χ1) is 8.13. The van der Waals surface area contributed by atoms with E-state index in [0.717, 1.165) is 28.1 Å². The molecule has 1 fully saturated rings. The van der Waals surface area contributed by atoms with Crippen LogP contribution < -0.4 is 15.4 Å². The first kappa shape index (κ1) is 12.6. The molecule has 1 saturated heterocycles. The quantitative estimate of drug-likeness (QED) is 0.850. The standard InChI is InChI=1S/C13H19BrN2O/c1-9-5-3-4-6-16(9)13-11(14)7-10(17-2)8-12(13)15/h7-9H,3-6,15H2,1-2H3/t9-/m1/s1. The van der Waals surface area contributed by atoms with Crippen LogP contribution in [-0.4, -0.2) is 19.7 Å². The Kier molecular flexibility index (Phi) is 3.82. The minimum absolute atomic E-state index is 0.552. The minimum Gasteiger partial charge on any atom is -0.497 e. The monoisotopic (exact) mass is 298 g/mol. The molecule has 1 aliphatic rings. The van der Waals surface area contributed by atoms with E-state index in [9.17, 15) is 0 Å². The molecule has 0 spiro atoms. The first-order valence-electron chi connectivity index (χ1n) is 6.03. The second-order valence-electron chi connectivity index (χ2n) is 4.59. The van der Waals surface area contributed by atoms with Crippen molar-refractivity contribution in [3.63, 3.8) is 0 Å². The largest absolute Gasteiger partial charge is 0.497 e. The van der Waals surface area contributed by atoms with Gasteiger partial charge in [0.1, 0.15) is 5.75 Å². The smallest absolute Gasteiger partial charge is 0.122 e. The van der Waals surface area contributed by atoms with Gasteiger partial charge in [0.2, 0.25) is 0 Å². The van der Waals surface area contributed by atoms with Gasteiger partial charge in [-0.1, -0.05) is 0 Å². The number of nitrogens with two attached hydrogens (primary N) is 1. The molecule has 4 heteroatoms. The minimum atomic E-state index is 0.552. The number of anilines is 2. The lowest BCUT2D eigenvalue weighted by molar-refractivity contribution is 0.414. The molecule has 2 rings (SSSR count). The van der Waals surface area contributed by atoms with E-state index < -0.39 is 0 Å². The fraction of sp³-hybridized carbons (Fsp3) is 0.538. The van der Waals surface area contributed by atoms with Crippen LogP contribution in [0.3, 0.4) is 0 Å². The molecule has 0 aromatic heterocycles. The van der Waals surface area contributed by atoms with Crippen molar-refractivity contribution in [1.82, 2.24) is 0 Å². The van der Waals surface area contributed by atoms with Crippen molar-refractivity contribution in [3.05, 3.63) is 16.6 Å². The summed E-state index contributed by atoms with van der Waals surface area (Å²) in [5.41, 5.74) is 8.03. The average Bonchev–Trinajstić information content (AvgIpc) is 2.30. The summed E-state index contributed by atoms with van der Waals surface area (Å²) in [6.45, 7) is 3.34. The number of ether oxygens (including phenoxy) is 1. The highest BCUT2D eigenvalue weighted by molar-refractivity contribution is 9.10. The van der Waals surface area contributed by atoms with E-state index in [-0.39, 0.29) is 0 Å². The molecule has 0 amide bonds. The number of halogens is 1. The Hall–Kier alpha value is -0.900. The maximum absolute atomic E-state index is 6.14. The predicted octanol–water partition coefficient (Wildman–Crippen LogP) is 3.42. The normalized spacial score (nSPS) is 20.4. The van der Waals surface area contributed by atoms with Gasteiger partial charge in [-0.2, -0.15) is 0 Å². The van der Waals surface area contributed by atoms with Crippen LogP contribution >= 0.6 is 15.9 Å². The maximum atomic E-state index is 6.14. The molecule has 17 heavy (non-hydrogen) atoms. The van der Waals surface area contributed by atoms with Crippen molar-refractivity contribution in [2.75, 3.05) is 24.3 Å². The lowest BCUT2D eigenvalue weighted by atomic mass is 10.0. The van der Waals surface area contributed by atoms with Crippen LogP contribution in [0, 0.1) is 0 Å². The van der Waals surface area contributed by atoms with E-state index in [1.54, 1.807) is 7.11 Å². The van der Waals surface area contributed by atoms with Crippen LogP contribution in [-0.2, 0) is 0 Å². The molecule has 0 aliphatic carbocycles. The fourth-order valence-corrected chi connectivity index (χ4v) is 3.13. The molecule has 1 aromatic carbocycles. The van der Waals surface area contributed by atoms with Crippen molar-refractivity contribution < 1.29 is 4.74 Å². The van der Waals surface area contributed by atoms with Crippen molar-refractivity contribution in [2.24, 2.45) is 0 Å². The maximum Gasteiger partial charge on any atom is 0.122 e. The molecule has 0 unspecified atom stereocenters. The number of piperidine rings is 1. The van der Waals surface area contributed by atoms with Crippen LogP contribution in [0.2, 0.25) is 0 Å². The van der Waals surface area contributed by atoms with Crippen LogP contribution in [0.4, 0.5) is 11.4 Å². The van der Waals surface area contributed by atoms with Gasteiger partial charge in [-0.15, -0.1) is 0 Å². The highest BCUT2D eigenvalue weighted by Gasteiger charge is 2.22. The number of benzene rings is 1. The molecule has 3 nitrogen and oxygen atoms in total. The highest BCUT2D eigenvalue weighted by Crippen LogP contribution is 2.39. The van der Waals surface area contributed by atoms with Gasteiger partial charge >= 0.3 is 0 Å². The third-order valence-electron chi connectivity index (χ3n) is 3.39. The summed E-state index contributed by atoms with van der Waals surface area (Å²) in [6, 6.07) is 4.42. The molecule has 0 saturated carbocycles. The summed E-state index contributed by atoms with van der Waals surface area (Å²) >= 11 is 3.60. The molecule has 0 radical (unpaired) electrons. The molecule has 2 N–H and O–H groups in total. The fourth-order valence-electron chi connectivity index (χ4n) is 2.45. The number of hydrogen-bond donors (Lipinski definition) is 1. The Morgan fingerprint density at radius 2 is 2.18 bits per heavy atom. The van der Waals surface area contributed by atoms with Gasteiger partial charge < -0.3 is 15.4 Å². The summed E-state index contributed by atoms with van der Waals surface area (Å²) in [5, 5.41) is 0. The summed E-state index contributed by atoms with van der Waals surface area (Å²) in [5.74, 6) is 0.794. The number of nitrogens with zero attached hydrogens (tertiary/aromatic N) is 1. The van der Waals surface area contributed by atoms with Gasteiger partial charge in [-0.05, 0) is 48.2 Å². The Bertz CT molecular complexity index is 385. The zero-order chi connectivity index (χ0) is 12.4. The number of hydrogen-bond acceptors (Lipinski definition) is 3. The number of rotatable bonds is 2. The molecular weight excluding hydrogens is 280 g/mol. The molecule has 1 aromatic rings. The topological polar surface area (TPSA) is 38.5 Å². The van der Waals surface area contributed by atoms with E-state index in [1.165, 1.54) is 19.3 Å². The van der Waals surface area contributed by atoms with Gasteiger partial charge in [0.05, 0.1) is 18.5 Å². The summed E-state index contributed by atoms with van der Waals surface area (Å²) in [4.78, 5) is 2.39. The van der Waals surface area contributed by atoms with Crippen LogP contribution in [0.5, 0.6) is 5.75 Å². The lowest BCUT2D eigenvalue weighted by Gasteiger charge is -2.36. The van der Waals surface area contributed by atoms with Gasteiger partial charge in [-0.3, -0.25) is 0 Å². The van der Waals surface area contributed by atoms with Crippen molar-refractivity contribution in [3.8, 4) is 5.75 Å². The third kappa shape index (κ3) is 2.51. The molecule has 0 bridgehead atoms. The third-order valence-corrected chi connectivity index (χ3v) is 4.00. The van der Waals surface area contributed by atoms with Crippen molar-refractivity contribution >= 4 is 27.3 Å². The van der Waals surface area contributed by atoms with Gasteiger partial charge in [-0.25, -0.2) is 0 Å². The summed E-state index contributed by atoms with van der Waals surface area (Å²) in [7, 11) is 1.66. The van der Waals surface area contributed by atoms with E-state index in [0.29, 0.717) is 6.04 Å². The Balaban J connectivity index is 2.37. The predicted molar refractivity (Wildman–Crippen MR) is 75.8 cm³/mol. The van der Waals surface area contributed by atoms with Crippen molar-refractivity contribution in [2.45, 2.75) is 32.2 Å². The second kappa shape index (κ2) is 5.17. The Morgan fingerprint density at radius 3 is 2.76 bits per heavy atom. The van der Waals surface area contributed by atoms with Crippen LogP contribution in [0.15, 0.2) is 16.6 Å². The van der Waals surface area contributed by atoms with Gasteiger partial charge in [0, 0.05) is 23.1 Å². The zero-order valence-corrected chi connectivity index (χ0v) is 12.0. The highest BCUT2D eigenvalue weighted by atomic mass is 79.9. The Morgan fingerprint density at radius 1 is 1.41 bits per heavy atom. The van der Waals surface area contributed by atoms with E-state index >= 15 is 0 Å². The lowest BCUT2D eigenvalue weighted by Crippen LogP contribution is -2.38. The summed E-state index contributed by atoms with van der Waals surface area (Å²) in [6.07, 6.45) is 3.78.